The minimum atomic E-state index is -0.461. The molecular weight excluding hydrogens is 302 g/mol. The zero-order valence-electron chi connectivity index (χ0n) is 12.2. The molecule has 0 aliphatic carbocycles. The number of hydrogen-bond acceptors (Lipinski definition) is 5. The Labute approximate surface area is 132 Å². The molecule has 5 nitrogen and oxygen atoms in total. The summed E-state index contributed by atoms with van der Waals surface area (Å²) in [6.45, 7) is 1.98. The van der Waals surface area contributed by atoms with Crippen LogP contribution in [0.25, 0.3) is 0 Å². The van der Waals surface area contributed by atoms with Gasteiger partial charge >= 0.3 is 5.97 Å². The fourth-order valence-corrected chi connectivity index (χ4v) is 3.07. The van der Waals surface area contributed by atoms with E-state index in [1.807, 2.05) is 6.92 Å². The van der Waals surface area contributed by atoms with E-state index in [1.54, 1.807) is 36.4 Å². The number of aryl methyl sites for hydroxylation is 1. The molecule has 0 amide bonds. The van der Waals surface area contributed by atoms with Crippen LogP contribution in [0.5, 0.6) is 0 Å². The standard InChI is InChI=1S/C16H15NO4S/c1-3-11-8-9-13(17(19)20)15(10-11)22-14-7-5-4-6-12(14)16(18)21-2/h4-10H,3H2,1-2H3. The molecule has 0 aliphatic heterocycles. The molecule has 114 valence electrons. The van der Waals surface area contributed by atoms with Crippen molar-refractivity contribution in [2.24, 2.45) is 0 Å². The highest BCUT2D eigenvalue weighted by Gasteiger charge is 2.18. The number of carbonyl (C=O) groups excluding carboxylic acids is 1. The molecule has 2 aromatic carbocycles. The van der Waals surface area contributed by atoms with Gasteiger partial charge in [0.15, 0.2) is 0 Å². The summed E-state index contributed by atoms with van der Waals surface area (Å²) in [7, 11) is 1.31. The second-order valence-electron chi connectivity index (χ2n) is 4.50. The topological polar surface area (TPSA) is 69.4 Å². The number of nitro benzene ring substituents is 1. The molecule has 0 heterocycles. The highest BCUT2D eigenvalue weighted by atomic mass is 32.2. The van der Waals surface area contributed by atoms with Gasteiger partial charge in [0, 0.05) is 11.0 Å². The van der Waals surface area contributed by atoms with E-state index in [1.165, 1.54) is 24.9 Å². The molecule has 0 unspecified atom stereocenters. The van der Waals surface area contributed by atoms with Crippen molar-refractivity contribution in [3.05, 3.63) is 63.7 Å². The lowest BCUT2D eigenvalue weighted by atomic mass is 10.1. The SMILES string of the molecule is CCc1ccc([N+](=O)[O-])c(Sc2ccccc2C(=O)OC)c1. The van der Waals surface area contributed by atoms with Gasteiger partial charge in [-0.2, -0.15) is 0 Å². The Morgan fingerprint density at radius 2 is 1.95 bits per heavy atom. The van der Waals surface area contributed by atoms with Crippen LogP contribution < -0.4 is 0 Å². The molecule has 0 aliphatic rings. The average molecular weight is 317 g/mol. The van der Waals surface area contributed by atoms with Crippen LogP contribution >= 0.6 is 11.8 Å². The first-order valence-electron chi connectivity index (χ1n) is 6.69. The fraction of sp³-hybridized carbons (Fsp3) is 0.188. The molecule has 0 bridgehead atoms. The first-order valence-corrected chi connectivity index (χ1v) is 7.51. The van der Waals surface area contributed by atoms with E-state index in [9.17, 15) is 14.9 Å². The Hall–Kier alpha value is -2.34. The van der Waals surface area contributed by atoms with Crippen LogP contribution in [0.15, 0.2) is 52.3 Å². The summed E-state index contributed by atoms with van der Waals surface area (Å²) in [5.41, 5.74) is 1.43. The molecule has 6 heteroatoms. The predicted octanol–water partition coefficient (Wildman–Crippen LogP) is 4.10. The molecule has 2 rings (SSSR count). The number of esters is 1. The monoisotopic (exact) mass is 317 g/mol. The molecule has 0 radical (unpaired) electrons. The Kier molecular flexibility index (Phi) is 5.16. The normalized spacial score (nSPS) is 10.3. The maximum atomic E-state index is 11.8. The van der Waals surface area contributed by atoms with Crippen LogP contribution in [0.1, 0.15) is 22.8 Å². The van der Waals surface area contributed by atoms with Gasteiger partial charge in [-0.15, -0.1) is 0 Å². The second kappa shape index (κ2) is 7.09. The van der Waals surface area contributed by atoms with Crippen molar-refractivity contribution < 1.29 is 14.5 Å². The molecule has 22 heavy (non-hydrogen) atoms. The van der Waals surface area contributed by atoms with Crippen molar-refractivity contribution in [2.45, 2.75) is 23.1 Å². The molecule has 0 fully saturated rings. The van der Waals surface area contributed by atoms with Gasteiger partial charge in [-0.05, 0) is 30.2 Å². The van der Waals surface area contributed by atoms with E-state index in [4.69, 9.17) is 4.74 Å². The minimum absolute atomic E-state index is 0.0295. The quantitative estimate of drug-likeness (QED) is 0.472. The largest absolute Gasteiger partial charge is 0.465 e. The highest BCUT2D eigenvalue weighted by molar-refractivity contribution is 7.99. The first-order chi connectivity index (χ1) is 10.6. The van der Waals surface area contributed by atoms with E-state index in [2.05, 4.69) is 0 Å². The maximum absolute atomic E-state index is 11.8. The van der Waals surface area contributed by atoms with E-state index in [-0.39, 0.29) is 5.69 Å². The Balaban J connectivity index is 2.46. The number of carbonyl (C=O) groups is 1. The molecule has 0 saturated carbocycles. The number of hydrogen-bond donors (Lipinski definition) is 0. The van der Waals surface area contributed by atoms with E-state index in [0.717, 1.165) is 12.0 Å². The van der Waals surface area contributed by atoms with Crippen molar-refractivity contribution in [1.82, 2.24) is 0 Å². The van der Waals surface area contributed by atoms with Crippen molar-refractivity contribution in [1.29, 1.82) is 0 Å². The van der Waals surface area contributed by atoms with Gasteiger partial charge in [-0.3, -0.25) is 10.1 Å². The zero-order chi connectivity index (χ0) is 16.1. The predicted molar refractivity (Wildman–Crippen MR) is 84.4 cm³/mol. The third-order valence-electron chi connectivity index (χ3n) is 3.14. The maximum Gasteiger partial charge on any atom is 0.339 e. The van der Waals surface area contributed by atoms with Crippen LogP contribution in [-0.4, -0.2) is 18.0 Å². The van der Waals surface area contributed by atoms with Gasteiger partial charge in [0.05, 0.1) is 22.5 Å². The van der Waals surface area contributed by atoms with Crippen LogP contribution in [-0.2, 0) is 11.2 Å². The van der Waals surface area contributed by atoms with Gasteiger partial charge in [-0.25, -0.2) is 4.79 Å². The number of rotatable bonds is 5. The molecule has 0 atom stereocenters. The first kappa shape index (κ1) is 16.0. The summed E-state index contributed by atoms with van der Waals surface area (Å²) in [6.07, 6.45) is 0.782. The zero-order valence-corrected chi connectivity index (χ0v) is 13.1. The number of nitrogens with zero attached hydrogens (tertiary/aromatic N) is 1. The number of ether oxygens (including phenoxy) is 1. The van der Waals surface area contributed by atoms with Crippen molar-refractivity contribution >= 4 is 23.4 Å². The van der Waals surface area contributed by atoms with Gasteiger partial charge in [0.25, 0.3) is 5.69 Å². The Bertz CT molecular complexity index is 715. The number of nitro groups is 1. The summed E-state index contributed by atoms with van der Waals surface area (Å²) in [4.78, 5) is 23.7. The summed E-state index contributed by atoms with van der Waals surface area (Å²) in [5, 5.41) is 11.2. The molecular formula is C16H15NO4S. The van der Waals surface area contributed by atoms with Gasteiger partial charge in [-0.1, -0.05) is 36.9 Å². The lowest BCUT2D eigenvalue weighted by Gasteiger charge is -2.09. The summed E-state index contributed by atoms with van der Waals surface area (Å²) in [6, 6.07) is 11.9. The van der Waals surface area contributed by atoms with Crippen LogP contribution in [0.3, 0.4) is 0 Å². The molecule has 0 N–H and O–H groups in total. The summed E-state index contributed by atoms with van der Waals surface area (Å²) < 4.78 is 4.75. The Morgan fingerprint density at radius 1 is 1.23 bits per heavy atom. The third kappa shape index (κ3) is 3.46. The van der Waals surface area contributed by atoms with E-state index >= 15 is 0 Å². The van der Waals surface area contributed by atoms with Crippen LogP contribution in [0.4, 0.5) is 5.69 Å². The molecule has 2 aromatic rings. The van der Waals surface area contributed by atoms with Gasteiger partial charge in [0.1, 0.15) is 0 Å². The molecule has 0 aromatic heterocycles. The smallest absolute Gasteiger partial charge is 0.339 e. The van der Waals surface area contributed by atoms with Crippen molar-refractivity contribution in [2.75, 3.05) is 7.11 Å². The van der Waals surface area contributed by atoms with Crippen LogP contribution in [0, 0.1) is 10.1 Å². The fourth-order valence-electron chi connectivity index (χ4n) is 1.96. The van der Waals surface area contributed by atoms with Gasteiger partial charge < -0.3 is 4.74 Å². The van der Waals surface area contributed by atoms with E-state index in [0.29, 0.717) is 15.4 Å². The highest BCUT2D eigenvalue weighted by Crippen LogP contribution is 2.37. The van der Waals surface area contributed by atoms with E-state index < -0.39 is 10.9 Å². The molecule has 0 spiro atoms. The van der Waals surface area contributed by atoms with Crippen LogP contribution in [0.2, 0.25) is 0 Å². The summed E-state index contributed by atoms with van der Waals surface area (Å²) >= 11 is 1.20. The van der Waals surface area contributed by atoms with Gasteiger partial charge in [0.2, 0.25) is 0 Å². The minimum Gasteiger partial charge on any atom is -0.465 e. The second-order valence-corrected chi connectivity index (χ2v) is 5.59. The number of methoxy groups -OCH3 is 1. The lowest BCUT2D eigenvalue weighted by molar-refractivity contribution is -0.387. The lowest BCUT2D eigenvalue weighted by Crippen LogP contribution is -2.03. The number of benzene rings is 2. The van der Waals surface area contributed by atoms with Crippen molar-refractivity contribution in [3.8, 4) is 0 Å². The average Bonchev–Trinajstić information content (AvgIpc) is 2.54. The molecule has 0 saturated heterocycles. The van der Waals surface area contributed by atoms with Crippen molar-refractivity contribution in [3.63, 3.8) is 0 Å². The Morgan fingerprint density at radius 3 is 2.59 bits per heavy atom. The summed E-state index contributed by atoms with van der Waals surface area (Å²) in [5.74, 6) is -0.461. The third-order valence-corrected chi connectivity index (χ3v) is 4.26.